The van der Waals surface area contributed by atoms with Crippen LogP contribution in [0.4, 0.5) is 5.69 Å². The minimum absolute atomic E-state index is 0.0285. The summed E-state index contributed by atoms with van der Waals surface area (Å²) < 4.78 is 11.4. The lowest BCUT2D eigenvalue weighted by molar-refractivity contribution is -0.117. The van der Waals surface area contributed by atoms with Crippen molar-refractivity contribution < 1.29 is 23.8 Å². The number of ketones is 1. The van der Waals surface area contributed by atoms with E-state index in [-0.39, 0.29) is 11.3 Å². The zero-order valence-electron chi connectivity index (χ0n) is 18.8. The Morgan fingerprint density at radius 3 is 2.59 bits per heavy atom. The van der Waals surface area contributed by atoms with Gasteiger partial charge in [-0.25, -0.2) is 0 Å². The number of ether oxygens (including phenoxy) is 1. The fraction of sp³-hybridized carbons (Fsp3) is 0.143. The highest BCUT2D eigenvalue weighted by molar-refractivity contribution is 6.20. The molecule has 1 atom stereocenters. The SMILES string of the molecule is CCOc1cccc(C2C(C(=O)c3cc4ccccc4o3)=C(O)C(=O)N2c2cccc(C)c2)c1. The first kappa shape index (κ1) is 21.5. The van der Waals surface area contributed by atoms with Gasteiger partial charge in [0.2, 0.25) is 5.78 Å². The van der Waals surface area contributed by atoms with Gasteiger partial charge in [0, 0.05) is 11.1 Å². The Hall–Kier alpha value is -4.32. The number of aliphatic hydroxyl groups excluding tert-OH is 1. The molecule has 1 aliphatic rings. The molecule has 6 nitrogen and oxygen atoms in total. The molecule has 6 heteroatoms. The predicted octanol–water partition coefficient (Wildman–Crippen LogP) is 5.92. The fourth-order valence-corrected chi connectivity index (χ4v) is 4.36. The van der Waals surface area contributed by atoms with Crippen molar-refractivity contribution in [2.75, 3.05) is 11.5 Å². The Kier molecular flexibility index (Phi) is 5.42. The van der Waals surface area contributed by atoms with Crippen molar-refractivity contribution in [1.29, 1.82) is 0 Å². The van der Waals surface area contributed by atoms with Crippen molar-refractivity contribution in [3.8, 4) is 5.75 Å². The zero-order chi connectivity index (χ0) is 23.8. The third-order valence-electron chi connectivity index (χ3n) is 5.87. The average Bonchev–Trinajstić information content (AvgIpc) is 3.38. The molecule has 1 aromatic heterocycles. The van der Waals surface area contributed by atoms with Crippen LogP contribution in [0.15, 0.2) is 94.6 Å². The maximum Gasteiger partial charge on any atom is 0.294 e. The molecule has 0 fully saturated rings. The molecule has 0 spiro atoms. The molecule has 1 N–H and O–H groups in total. The van der Waals surface area contributed by atoms with Gasteiger partial charge in [0.25, 0.3) is 5.91 Å². The van der Waals surface area contributed by atoms with Crippen molar-refractivity contribution in [2.45, 2.75) is 19.9 Å². The normalized spacial score (nSPS) is 15.9. The van der Waals surface area contributed by atoms with E-state index in [0.717, 1.165) is 10.9 Å². The number of carbonyl (C=O) groups excluding carboxylic acids is 2. The molecule has 3 aromatic carbocycles. The van der Waals surface area contributed by atoms with Crippen molar-refractivity contribution in [2.24, 2.45) is 0 Å². The molecule has 2 heterocycles. The number of rotatable bonds is 6. The number of anilines is 1. The van der Waals surface area contributed by atoms with E-state index in [1.54, 1.807) is 30.3 Å². The monoisotopic (exact) mass is 453 g/mol. The molecule has 0 aliphatic carbocycles. The van der Waals surface area contributed by atoms with E-state index in [4.69, 9.17) is 9.15 Å². The van der Waals surface area contributed by atoms with Crippen LogP contribution < -0.4 is 9.64 Å². The van der Waals surface area contributed by atoms with Gasteiger partial charge in [-0.15, -0.1) is 0 Å². The van der Waals surface area contributed by atoms with E-state index in [0.29, 0.717) is 29.2 Å². The average molecular weight is 453 g/mol. The molecule has 0 radical (unpaired) electrons. The van der Waals surface area contributed by atoms with Crippen LogP contribution in [-0.4, -0.2) is 23.4 Å². The lowest BCUT2D eigenvalue weighted by Crippen LogP contribution is -2.31. The van der Waals surface area contributed by atoms with E-state index in [1.165, 1.54) is 4.90 Å². The highest BCUT2D eigenvalue weighted by atomic mass is 16.5. The number of carbonyl (C=O) groups is 2. The molecule has 0 saturated heterocycles. The molecule has 0 saturated carbocycles. The number of aryl methyl sites for hydroxylation is 1. The number of hydrogen-bond donors (Lipinski definition) is 1. The zero-order valence-corrected chi connectivity index (χ0v) is 18.8. The minimum Gasteiger partial charge on any atom is -0.503 e. The van der Waals surface area contributed by atoms with Crippen molar-refractivity contribution >= 4 is 28.3 Å². The molecule has 34 heavy (non-hydrogen) atoms. The first-order chi connectivity index (χ1) is 16.5. The maximum atomic E-state index is 13.7. The highest BCUT2D eigenvalue weighted by Crippen LogP contribution is 2.43. The van der Waals surface area contributed by atoms with Crippen LogP contribution in [-0.2, 0) is 4.79 Å². The first-order valence-electron chi connectivity index (χ1n) is 11.1. The Bertz CT molecular complexity index is 1410. The van der Waals surface area contributed by atoms with Gasteiger partial charge in [0.05, 0.1) is 18.2 Å². The molecular weight excluding hydrogens is 430 g/mol. The summed E-state index contributed by atoms with van der Waals surface area (Å²) in [5.74, 6) is -1.09. The Balaban J connectivity index is 1.67. The number of furan rings is 1. The Labute approximate surface area is 196 Å². The third-order valence-corrected chi connectivity index (χ3v) is 5.87. The molecule has 4 aromatic rings. The van der Waals surface area contributed by atoms with Crippen LogP contribution in [0.5, 0.6) is 5.75 Å². The Morgan fingerprint density at radius 2 is 1.82 bits per heavy atom. The summed E-state index contributed by atoms with van der Waals surface area (Å²) in [6.07, 6.45) is 0. The molecule has 170 valence electrons. The molecule has 5 rings (SSSR count). The molecule has 1 unspecified atom stereocenters. The van der Waals surface area contributed by atoms with E-state index in [2.05, 4.69) is 0 Å². The molecule has 1 amide bonds. The number of para-hydroxylation sites is 1. The quantitative estimate of drug-likeness (QED) is 0.367. The second-order valence-electron chi connectivity index (χ2n) is 8.16. The standard InChI is InChI=1S/C28H23NO5/c1-3-33-21-12-7-10-19(15-21)25-24(26(30)23-16-18-9-4-5-13-22(18)34-23)27(31)28(32)29(25)20-11-6-8-17(2)14-20/h4-16,25,31H,3H2,1-2H3. The van der Waals surface area contributed by atoms with Crippen LogP contribution in [0, 0.1) is 6.92 Å². The summed E-state index contributed by atoms with van der Waals surface area (Å²) in [7, 11) is 0. The number of hydrogen-bond acceptors (Lipinski definition) is 5. The van der Waals surface area contributed by atoms with Crippen LogP contribution >= 0.6 is 0 Å². The van der Waals surface area contributed by atoms with Gasteiger partial charge in [0.1, 0.15) is 11.3 Å². The summed E-state index contributed by atoms with van der Waals surface area (Å²) in [6, 6.07) is 22.6. The van der Waals surface area contributed by atoms with Crippen LogP contribution in [0.1, 0.15) is 34.6 Å². The predicted molar refractivity (Wildman–Crippen MR) is 129 cm³/mol. The second kappa shape index (κ2) is 8.56. The summed E-state index contributed by atoms with van der Waals surface area (Å²) in [4.78, 5) is 28.5. The molecule has 1 aliphatic heterocycles. The third kappa shape index (κ3) is 3.63. The van der Waals surface area contributed by atoms with Crippen molar-refractivity contribution in [3.63, 3.8) is 0 Å². The summed E-state index contributed by atoms with van der Waals surface area (Å²) in [5, 5.41) is 11.7. The number of nitrogens with zero attached hydrogens (tertiary/aromatic N) is 1. The van der Waals surface area contributed by atoms with Crippen LogP contribution in [0.25, 0.3) is 11.0 Å². The molecular formula is C28H23NO5. The first-order valence-corrected chi connectivity index (χ1v) is 11.1. The minimum atomic E-state index is -0.851. The van der Waals surface area contributed by atoms with Crippen LogP contribution in [0.2, 0.25) is 0 Å². The van der Waals surface area contributed by atoms with Gasteiger partial charge in [-0.3, -0.25) is 14.5 Å². The maximum absolute atomic E-state index is 13.7. The number of aliphatic hydroxyl groups is 1. The summed E-state index contributed by atoms with van der Waals surface area (Å²) >= 11 is 0. The second-order valence-corrected chi connectivity index (χ2v) is 8.16. The number of benzene rings is 3. The van der Waals surface area contributed by atoms with Gasteiger partial charge in [-0.2, -0.15) is 0 Å². The van der Waals surface area contributed by atoms with Gasteiger partial charge >= 0.3 is 0 Å². The topological polar surface area (TPSA) is 80.0 Å². The van der Waals surface area contributed by atoms with E-state index < -0.39 is 23.5 Å². The van der Waals surface area contributed by atoms with Gasteiger partial charge in [-0.1, -0.05) is 42.5 Å². The fourth-order valence-electron chi connectivity index (χ4n) is 4.36. The lowest BCUT2D eigenvalue weighted by Gasteiger charge is -2.27. The van der Waals surface area contributed by atoms with Gasteiger partial charge in [-0.05, 0) is 61.4 Å². The smallest absolute Gasteiger partial charge is 0.294 e. The number of Topliss-reactive ketones (excluding diaryl/α,β-unsaturated/α-hetero) is 1. The van der Waals surface area contributed by atoms with Crippen molar-refractivity contribution in [3.05, 3.63) is 107 Å². The van der Waals surface area contributed by atoms with Crippen LogP contribution in [0.3, 0.4) is 0 Å². The van der Waals surface area contributed by atoms with Gasteiger partial charge < -0.3 is 14.3 Å². The van der Waals surface area contributed by atoms with E-state index >= 15 is 0 Å². The van der Waals surface area contributed by atoms with E-state index in [1.807, 2.05) is 62.4 Å². The summed E-state index contributed by atoms with van der Waals surface area (Å²) in [6.45, 7) is 4.27. The molecule has 0 bridgehead atoms. The number of fused-ring (bicyclic) bond motifs is 1. The largest absolute Gasteiger partial charge is 0.503 e. The van der Waals surface area contributed by atoms with Gasteiger partial charge in [0.15, 0.2) is 11.5 Å². The highest BCUT2D eigenvalue weighted by Gasteiger charge is 2.45. The van der Waals surface area contributed by atoms with E-state index in [9.17, 15) is 14.7 Å². The van der Waals surface area contributed by atoms with Crippen molar-refractivity contribution in [1.82, 2.24) is 0 Å². The summed E-state index contributed by atoms with van der Waals surface area (Å²) in [5.41, 5.74) is 2.70. The lowest BCUT2D eigenvalue weighted by atomic mass is 9.94. The number of amides is 1. The Morgan fingerprint density at radius 1 is 1.03 bits per heavy atom.